The van der Waals surface area contributed by atoms with E-state index in [9.17, 15) is 15.0 Å². The lowest BCUT2D eigenvalue weighted by atomic mass is 9.98. The Labute approximate surface area is 212 Å². The Kier molecular flexibility index (Phi) is 6.90. The highest BCUT2D eigenvalue weighted by atomic mass is 35.5. The van der Waals surface area contributed by atoms with Crippen LogP contribution in [0.25, 0.3) is 0 Å². The minimum absolute atomic E-state index is 0.136. The van der Waals surface area contributed by atoms with Crippen molar-refractivity contribution in [3.63, 3.8) is 0 Å². The van der Waals surface area contributed by atoms with Gasteiger partial charge in [0, 0.05) is 23.7 Å². The van der Waals surface area contributed by atoms with Crippen molar-refractivity contribution in [1.29, 1.82) is 0 Å². The molecule has 0 amide bonds. The van der Waals surface area contributed by atoms with Crippen molar-refractivity contribution in [2.75, 3.05) is 18.0 Å². The molecular weight excluding hydrogens is 482 g/mol. The van der Waals surface area contributed by atoms with Gasteiger partial charge in [-0.05, 0) is 48.2 Å². The maximum absolute atomic E-state index is 12.9. The summed E-state index contributed by atoms with van der Waals surface area (Å²) >= 11 is 7.43. The number of aliphatic hydroxyl groups excluding tert-OH is 1. The molecule has 6 nitrogen and oxygen atoms in total. The number of nitrogens with one attached hydrogen (secondary N) is 1. The van der Waals surface area contributed by atoms with Crippen LogP contribution in [0.1, 0.15) is 30.0 Å². The van der Waals surface area contributed by atoms with Crippen molar-refractivity contribution in [2.45, 2.75) is 34.8 Å². The Bertz CT molecular complexity index is 1350. The van der Waals surface area contributed by atoms with Crippen LogP contribution in [0, 0.1) is 0 Å². The zero-order valence-corrected chi connectivity index (χ0v) is 20.5. The molecule has 1 saturated heterocycles. The minimum Gasteiger partial charge on any atom is -0.493 e. The molecule has 35 heavy (non-hydrogen) atoms. The molecule has 180 valence electrons. The molecule has 3 N–H and O–H groups in total. The third-order valence-corrected chi connectivity index (χ3v) is 7.91. The average molecular weight is 508 g/mol. The number of nitrogens with zero attached hydrogens (tertiary/aromatic N) is 2. The van der Waals surface area contributed by atoms with Crippen molar-refractivity contribution in [1.82, 2.24) is 9.78 Å². The lowest BCUT2D eigenvalue weighted by Crippen LogP contribution is -2.35. The summed E-state index contributed by atoms with van der Waals surface area (Å²) in [4.78, 5) is 16.1. The zero-order chi connectivity index (χ0) is 24.4. The van der Waals surface area contributed by atoms with E-state index < -0.39 is 6.04 Å². The molecule has 1 atom stereocenters. The van der Waals surface area contributed by atoms with E-state index in [1.165, 1.54) is 4.68 Å². The maximum Gasteiger partial charge on any atom is 0.282 e. The Balaban J connectivity index is 1.51. The van der Waals surface area contributed by atoms with E-state index in [1.54, 1.807) is 6.07 Å². The second-order valence-corrected chi connectivity index (χ2v) is 10.1. The van der Waals surface area contributed by atoms with Crippen LogP contribution in [0.5, 0.6) is 5.88 Å². The zero-order valence-electron chi connectivity index (χ0n) is 19.0. The molecule has 2 heterocycles. The summed E-state index contributed by atoms with van der Waals surface area (Å²) in [6.45, 7) is 1.63. The smallest absolute Gasteiger partial charge is 0.282 e. The van der Waals surface area contributed by atoms with E-state index in [-0.39, 0.29) is 22.4 Å². The van der Waals surface area contributed by atoms with Crippen LogP contribution in [-0.4, -0.2) is 39.2 Å². The summed E-state index contributed by atoms with van der Waals surface area (Å²) in [6, 6.07) is 24.7. The molecule has 1 fully saturated rings. The predicted molar refractivity (Wildman–Crippen MR) is 140 cm³/mol. The van der Waals surface area contributed by atoms with Gasteiger partial charge in [0.1, 0.15) is 10.9 Å². The molecule has 0 saturated carbocycles. The first-order valence-corrected chi connectivity index (χ1v) is 12.7. The van der Waals surface area contributed by atoms with Gasteiger partial charge in [0.2, 0.25) is 5.88 Å². The van der Waals surface area contributed by atoms with E-state index in [4.69, 9.17) is 11.6 Å². The number of hydrogen-bond acceptors (Lipinski definition) is 5. The second-order valence-electron chi connectivity index (χ2n) is 8.62. The third kappa shape index (κ3) is 4.98. The number of aromatic nitrogens is 2. The molecule has 4 aromatic rings. The number of aromatic hydroxyl groups is 1. The molecule has 0 spiro atoms. The number of aliphatic hydroxyl groups is 1. The van der Waals surface area contributed by atoms with Crippen LogP contribution in [-0.2, 0) is 0 Å². The Morgan fingerprint density at radius 3 is 2.23 bits per heavy atom. The normalized spacial score (nSPS) is 15.3. The first-order valence-electron chi connectivity index (χ1n) is 11.5. The summed E-state index contributed by atoms with van der Waals surface area (Å²) < 4.78 is 1.52. The topological polar surface area (TPSA) is 81.5 Å². The molecule has 1 unspecified atom stereocenters. The molecule has 1 aliphatic rings. The van der Waals surface area contributed by atoms with Gasteiger partial charge in [0.15, 0.2) is 0 Å². The lowest BCUT2D eigenvalue weighted by Gasteiger charge is -2.31. The second kappa shape index (κ2) is 10.2. The fourth-order valence-corrected chi connectivity index (χ4v) is 5.57. The summed E-state index contributed by atoms with van der Waals surface area (Å²) in [5, 5.41) is 24.3. The predicted octanol–water partition coefficient (Wildman–Crippen LogP) is 5.29. The van der Waals surface area contributed by atoms with Crippen LogP contribution in [0.2, 0.25) is 5.02 Å². The van der Waals surface area contributed by atoms with E-state index in [0.717, 1.165) is 54.5 Å². The number of piperidine rings is 1. The number of anilines is 1. The molecule has 5 rings (SSSR count). The van der Waals surface area contributed by atoms with Gasteiger partial charge in [-0.25, -0.2) is 4.68 Å². The van der Waals surface area contributed by atoms with Crippen molar-refractivity contribution in [2.24, 2.45) is 0 Å². The number of aromatic amines is 1. The summed E-state index contributed by atoms with van der Waals surface area (Å²) in [6.07, 6.45) is 1.30. The van der Waals surface area contributed by atoms with Crippen molar-refractivity contribution >= 4 is 29.1 Å². The fourth-order valence-electron chi connectivity index (χ4n) is 4.46. The molecule has 0 radical (unpaired) electrons. The SMILES string of the molecule is O=c1[nH]n(C(c2ccccc2)c2ccc(N3CCC(O)CC3)cc2)c(O)c1Sc1ccccc1Cl. The highest BCUT2D eigenvalue weighted by Gasteiger charge is 2.25. The highest BCUT2D eigenvalue weighted by molar-refractivity contribution is 7.99. The van der Waals surface area contributed by atoms with Gasteiger partial charge >= 0.3 is 0 Å². The molecule has 0 bridgehead atoms. The molecule has 1 aliphatic heterocycles. The molecule has 1 aromatic heterocycles. The maximum atomic E-state index is 12.9. The van der Waals surface area contributed by atoms with Gasteiger partial charge < -0.3 is 15.1 Å². The lowest BCUT2D eigenvalue weighted by molar-refractivity contribution is 0.145. The van der Waals surface area contributed by atoms with Gasteiger partial charge in [-0.2, -0.15) is 0 Å². The molecule has 8 heteroatoms. The van der Waals surface area contributed by atoms with Crippen LogP contribution in [0.4, 0.5) is 5.69 Å². The van der Waals surface area contributed by atoms with E-state index in [0.29, 0.717) is 9.92 Å². The Morgan fingerprint density at radius 1 is 0.914 bits per heavy atom. The van der Waals surface area contributed by atoms with Crippen LogP contribution in [0.15, 0.2) is 93.4 Å². The monoisotopic (exact) mass is 507 g/mol. The van der Waals surface area contributed by atoms with Crippen LogP contribution >= 0.6 is 23.4 Å². The number of H-pyrrole nitrogens is 1. The molecule has 0 aliphatic carbocycles. The van der Waals surface area contributed by atoms with Crippen molar-refractivity contribution in [3.05, 3.63) is 105 Å². The Morgan fingerprint density at radius 2 is 1.54 bits per heavy atom. The fraction of sp³-hybridized carbons (Fsp3) is 0.222. The van der Waals surface area contributed by atoms with Gasteiger partial charge in [-0.3, -0.25) is 9.89 Å². The molecule has 3 aromatic carbocycles. The standard InChI is InChI=1S/C27H26ClN3O3S/c28-22-8-4-5-9-23(22)35-25-26(33)29-31(27(25)34)24(18-6-2-1-3-7-18)19-10-12-20(13-11-19)30-16-14-21(32)15-17-30/h1-13,21,24,32,34H,14-17H2,(H,29,33). The van der Waals surface area contributed by atoms with Crippen LogP contribution < -0.4 is 10.5 Å². The highest BCUT2D eigenvalue weighted by Crippen LogP contribution is 2.39. The summed E-state index contributed by atoms with van der Waals surface area (Å²) in [5.41, 5.74) is 2.56. The Hall–Kier alpha value is -3.13. The first-order chi connectivity index (χ1) is 17.0. The largest absolute Gasteiger partial charge is 0.493 e. The number of halogens is 1. The van der Waals surface area contributed by atoms with Crippen LogP contribution in [0.3, 0.4) is 0 Å². The van der Waals surface area contributed by atoms with Gasteiger partial charge in [-0.15, -0.1) is 0 Å². The summed E-state index contributed by atoms with van der Waals surface area (Å²) in [5.74, 6) is -0.136. The number of hydrogen-bond donors (Lipinski definition) is 3. The summed E-state index contributed by atoms with van der Waals surface area (Å²) in [7, 11) is 0. The van der Waals surface area contributed by atoms with Crippen molar-refractivity contribution in [3.8, 4) is 5.88 Å². The van der Waals surface area contributed by atoms with E-state index in [1.807, 2.05) is 60.7 Å². The average Bonchev–Trinajstić information content (AvgIpc) is 3.15. The number of rotatable bonds is 6. The van der Waals surface area contributed by atoms with Gasteiger partial charge in [0.05, 0.1) is 11.1 Å². The van der Waals surface area contributed by atoms with E-state index >= 15 is 0 Å². The van der Waals surface area contributed by atoms with Crippen molar-refractivity contribution < 1.29 is 10.2 Å². The number of benzene rings is 3. The quantitative estimate of drug-likeness (QED) is 0.330. The first kappa shape index (κ1) is 23.6. The van der Waals surface area contributed by atoms with Gasteiger partial charge in [0.25, 0.3) is 5.56 Å². The van der Waals surface area contributed by atoms with Gasteiger partial charge in [-0.1, -0.05) is 78.0 Å². The molecular formula is C27H26ClN3O3S. The third-order valence-electron chi connectivity index (χ3n) is 6.32. The van der Waals surface area contributed by atoms with E-state index in [2.05, 4.69) is 22.1 Å². The minimum atomic E-state index is -0.429.